The highest BCUT2D eigenvalue weighted by atomic mass is 35.5. The van der Waals surface area contributed by atoms with Crippen molar-refractivity contribution in [1.82, 2.24) is 5.32 Å². The number of benzene rings is 2. The molecule has 0 heterocycles. The Balaban J connectivity index is 1.77. The van der Waals surface area contributed by atoms with Crippen molar-refractivity contribution < 1.29 is 14.6 Å². The number of nitrogens with one attached hydrogen (secondary N) is 1. The lowest BCUT2D eigenvalue weighted by Crippen LogP contribution is -2.26. The lowest BCUT2D eigenvalue weighted by Gasteiger charge is -2.12. The molecule has 0 radical (unpaired) electrons. The summed E-state index contributed by atoms with van der Waals surface area (Å²) in [7, 11) is -3.26. The van der Waals surface area contributed by atoms with Gasteiger partial charge in [-0.2, -0.15) is 0 Å². The normalized spacial score (nSPS) is 11.5. The summed E-state index contributed by atoms with van der Waals surface area (Å²) in [4.78, 5) is 32.3. The Labute approximate surface area is 148 Å². The first-order chi connectivity index (χ1) is 11.3. The highest BCUT2D eigenvalue weighted by Crippen LogP contribution is 2.52. The van der Waals surface area contributed by atoms with Crippen LogP contribution in [0.3, 0.4) is 0 Å². The lowest BCUT2D eigenvalue weighted by atomic mass is 10.2. The van der Waals surface area contributed by atoms with E-state index in [2.05, 4.69) is 5.32 Å². The minimum Gasteiger partial charge on any atom is -0.306 e. The van der Waals surface area contributed by atoms with E-state index in [1.54, 1.807) is 12.1 Å². The third kappa shape index (κ3) is 6.68. The van der Waals surface area contributed by atoms with Crippen molar-refractivity contribution in [2.45, 2.75) is 19.6 Å². The van der Waals surface area contributed by atoms with Gasteiger partial charge in [0.1, 0.15) is 6.16 Å². The molecule has 0 atom stereocenters. The van der Waals surface area contributed by atoms with Crippen LogP contribution in [0.5, 0.6) is 0 Å². The summed E-state index contributed by atoms with van der Waals surface area (Å²) >= 11 is 5.82. The molecule has 2 aromatic rings. The molecule has 0 aromatic heterocycles. The number of hydrogen-bond donors (Lipinski definition) is 3. The van der Waals surface area contributed by atoms with Crippen LogP contribution in [0.1, 0.15) is 16.7 Å². The fourth-order valence-electron chi connectivity index (χ4n) is 2.33. The van der Waals surface area contributed by atoms with Crippen LogP contribution in [-0.2, 0) is 17.5 Å². The first kappa shape index (κ1) is 19.0. The van der Waals surface area contributed by atoms with Gasteiger partial charge in [-0.3, -0.25) is 4.79 Å². The molecular formula is C18H22ClNO3P+. The number of halogens is 1. The average molecular weight is 367 g/mol. The predicted molar refractivity (Wildman–Crippen MR) is 99.3 cm³/mol. The van der Waals surface area contributed by atoms with Crippen molar-refractivity contribution in [3.05, 3.63) is 70.2 Å². The van der Waals surface area contributed by atoms with Crippen LogP contribution >= 0.6 is 19.3 Å². The number of carbonyl (C=O) groups excluding carboxylic acids is 1. The van der Waals surface area contributed by atoms with Gasteiger partial charge in [0.05, 0.1) is 6.54 Å². The SMILES string of the molecule is Cc1ccc(C[P+](O)(O)CC(=O)CNCc2ccc(Cl)cc2)cc1. The van der Waals surface area contributed by atoms with Crippen LogP contribution in [0.15, 0.2) is 48.5 Å². The molecule has 0 bridgehead atoms. The van der Waals surface area contributed by atoms with Crippen molar-refractivity contribution in [3.8, 4) is 0 Å². The summed E-state index contributed by atoms with van der Waals surface area (Å²) in [5.74, 6) is -0.200. The molecule has 0 spiro atoms. The van der Waals surface area contributed by atoms with E-state index < -0.39 is 7.72 Å². The number of hydrogen-bond acceptors (Lipinski definition) is 4. The maximum Gasteiger partial charge on any atom is 0.279 e. The Kier molecular flexibility index (Phi) is 6.90. The fourth-order valence-corrected chi connectivity index (χ4v) is 4.04. The van der Waals surface area contributed by atoms with Gasteiger partial charge in [-0.05, 0) is 30.2 Å². The average Bonchev–Trinajstić information content (AvgIpc) is 2.51. The number of ketones is 1. The largest absolute Gasteiger partial charge is 0.306 e. The maximum absolute atomic E-state index is 12.0. The molecule has 0 aliphatic carbocycles. The van der Waals surface area contributed by atoms with Crippen molar-refractivity contribution in [1.29, 1.82) is 0 Å². The Hall–Kier alpha value is -1.29. The molecule has 0 saturated carbocycles. The second kappa shape index (κ2) is 8.70. The van der Waals surface area contributed by atoms with Crippen LogP contribution < -0.4 is 5.32 Å². The lowest BCUT2D eigenvalue weighted by molar-refractivity contribution is -0.116. The number of Topliss-reactive ketones (excluding diaryl/α,β-unsaturated/α-hetero) is 1. The van der Waals surface area contributed by atoms with E-state index in [0.717, 1.165) is 16.7 Å². The molecule has 0 fully saturated rings. The molecule has 0 saturated heterocycles. The minimum atomic E-state index is -3.26. The van der Waals surface area contributed by atoms with Crippen LogP contribution in [0, 0.1) is 6.92 Å². The van der Waals surface area contributed by atoms with E-state index in [4.69, 9.17) is 11.6 Å². The quantitative estimate of drug-likeness (QED) is 0.627. The van der Waals surface area contributed by atoms with Crippen molar-refractivity contribution in [2.75, 3.05) is 12.7 Å². The number of aryl methyl sites for hydroxylation is 1. The van der Waals surface area contributed by atoms with E-state index >= 15 is 0 Å². The molecule has 0 aliphatic heterocycles. The summed E-state index contributed by atoms with van der Waals surface area (Å²) in [6.45, 7) is 2.61. The van der Waals surface area contributed by atoms with Gasteiger partial charge in [-0.25, -0.2) is 9.79 Å². The topological polar surface area (TPSA) is 69.6 Å². The van der Waals surface area contributed by atoms with Crippen molar-refractivity contribution in [3.63, 3.8) is 0 Å². The second-order valence-electron chi connectivity index (χ2n) is 5.95. The number of carbonyl (C=O) groups is 1. The standard InChI is InChI=1S/C18H22ClNO3P/c1-14-2-4-16(5-3-14)12-24(22,23)13-18(21)11-20-10-15-6-8-17(19)9-7-15/h2-9,20,22-23H,10-13H2,1H3/q+1. The summed E-state index contributed by atoms with van der Waals surface area (Å²) in [5, 5.41) is 3.69. The second-order valence-corrected chi connectivity index (χ2v) is 8.78. The third-order valence-corrected chi connectivity index (χ3v) is 5.53. The summed E-state index contributed by atoms with van der Waals surface area (Å²) in [6.07, 6.45) is -0.0648. The summed E-state index contributed by atoms with van der Waals surface area (Å²) in [5.41, 5.74) is 2.96. The summed E-state index contributed by atoms with van der Waals surface area (Å²) in [6, 6.07) is 14.9. The van der Waals surface area contributed by atoms with Gasteiger partial charge in [0, 0.05) is 11.6 Å². The van der Waals surface area contributed by atoms with Crippen LogP contribution in [0.25, 0.3) is 0 Å². The zero-order valence-corrected chi connectivity index (χ0v) is 15.2. The molecule has 6 heteroatoms. The fraction of sp³-hybridized carbons (Fsp3) is 0.278. The Morgan fingerprint density at radius 2 is 1.62 bits per heavy atom. The van der Waals surface area contributed by atoms with Crippen LogP contribution in [-0.4, -0.2) is 28.3 Å². The molecule has 24 heavy (non-hydrogen) atoms. The van der Waals surface area contributed by atoms with Gasteiger partial charge in [0.15, 0.2) is 11.9 Å². The molecular weight excluding hydrogens is 345 g/mol. The molecule has 2 aromatic carbocycles. The number of rotatable bonds is 8. The highest BCUT2D eigenvalue weighted by molar-refractivity contribution is 7.64. The predicted octanol–water partition coefficient (Wildman–Crippen LogP) is 3.34. The zero-order valence-electron chi connectivity index (χ0n) is 13.6. The Morgan fingerprint density at radius 3 is 2.25 bits per heavy atom. The van der Waals surface area contributed by atoms with E-state index in [1.165, 1.54) is 0 Å². The van der Waals surface area contributed by atoms with E-state index in [-0.39, 0.29) is 24.7 Å². The molecule has 2 rings (SSSR count). The van der Waals surface area contributed by atoms with E-state index in [9.17, 15) is 14.6 Å². The highest BCUT2D eigenvalue weighted by Gasteiger charge is 2.36. The molecule has 3 N–H and O–H groups in total. The maximum atomic E-state index is 12.0. The van der Waals surface area contributed by atoms with Crippen LogP contribution in [0.2, 0.25) is 5.02 Å². The molecule has 0 amide bonds. The molecule has 0 aliphatic rings. The third-order valence-electron chi connectivity index (χ3n) is 3.55. The Bertz CT molecular complexity index is 672. The molecule has 0 unspecified atom stereocenters. The van der Waals surface area contributed by atoms with Gasteiger partial charge in [0.2, 0.25) is 0 Å². The molecule has 4 nitrogen and oxygen atoms in total. The zero-order chi connectivity index (χ0) is 17.6. The minimum absolute atomic E-state index is 0.111. The smallest absolute Gasteiger partial charge is 0.279 e. The van der Waals surface area contributed by atoms with Gasteiger partial charge < -0.3 is 5.32 Å². The summed E-state index contributed by atoms with van der Waals surface area (Å²) < 4.78 is 0. The van der Waals surface area contributed by atoms with Gasteiger partial charge in [-0.15, -0.1) is 0 Å². The van der Waals surface area contributed by atoms with Crippen LogP contribution in [0.4, 0.5) is 0 Å². The van der Waals surface area contributed by atoms with Crippen molar-refractivity contribution in [2.24, 2.45) is 0 Å². The van der Waals surface area contributed by atoms with E-state index in [1.807, 2.05) is 43.3 Å². The van der Waals surface area contributed by atoms with E-state index in [0.29, 0.717) is 11.6 Å². The van der Waals surface area contributed by atoms with Gasteiger partial charge in [-0.1, -0.05) is 53.6 Å². The Morgan fingerprint density at radius 1 is 1.04 bits per heavy atom. The monoisotopic (exact) mass is 366 g/mol. The molecule has 128 valence electrons. The van der Waals surface area contributed by atoms with Gasteiger partial charge >= 0.3 is 0 Å². The first-order valence-corrected chi connectivity index (χ1v) is 10.1. The van der Waals surface area contributed by atoms with Crippen molar-refractivity contribution >= 4 is 25.1 Å². The first-order valence-electron chi connectivity index (χ1n) is 7.69. The van der Waals surface area contributed by atoms with Gasteiger partial charge in [0.25, 0.3) is 7.72 Å².